The summed E-state index contributed by atoms with van der Waals surface area (Å²) in [7, 11) is 0. The summed E-state index contributed by atoms with van der Waals surface area (Å²) in [6.07, 6.45) is 0. The molecule has 5 heteroatoms. The number of rotatable bonds is 3. The summed E-state index contributed by atoms with van der Waals surface area (Å²) < 4.78 is 5.50. The largest absolute Gasteiger partial charge is 0.439 e. The molecule has 0 unspecified atom stereocenters. The minimum absolute atomic E-state index is 0.0332. The Morgan fingerprint density at radius 2 is 2.00 bits per heavy atom. The van der Waals surface area contributed by atoms with Gasteiger partial charge >= 0.3 is 0 Å². The average molecular weight is 231 g/mol. The zero-order valence-corrected chi connectivity index (χ0v) is 9.13. The quantitative estimate of drug-likeness (QED) is 0.744. The van der Waals surface area contributed by atoms with Crippen molar-refractivity contribution < 1.29 is 9.84 Å². The molecule has 17 heavy (non-hydrogen) atoms. The molecule has 1 aromatic heterocycles. The Labute approximate surface area is 98.7 Å². The highest BCUT2D eigenvalue weighted by atomic mass is 16.5. The molecule has 0 saturated carbocycles. The van der Waals surface area contributed by atoms with Gasteiger partial charge in [-0.25, -0.2) is 0 Å². The smallest absolute Gasteiger partial charge is 0.221 e. The van der Waals surface area contributed by atoms with Crippen LogP contribution < -0.4 is 16.2 Å². The van der Waals surface area contributed by atoms with Crippen molar-refractivity contribution in [2.24, 2.45) is 0 Å². The molecule has 0 fully saturated rings. The van der Waals surface area contributed by atoms with E-state index < -0.39 is 0 Å². The Hall–Kier alpha value is -2.27. The van der Waals surface area contributed by atoms with Crippen molar-refractivity contribution in [3.8, 4) is 11.6 Å². The fourth-order valence-electron chi connectivity index (χ4n) is 1.35. The lowest BCUT2D eigenvalue weighted by Gasteiger charge is -2.07. The first-order valence-corrected chi connectivity index (χ1v) is 5.08. The SMILES string of the molecule is Nc1ccc(Oc2cccc(CO)c2)nc1N. The minimum Gasteiger partial charge on any atom is -0.439 e. The van der Waals surface area contributed by atoms with E-state index in [2.05, 4.69) is 4.98 Å². The van der Waals surface area contributed by atoms with Gasteiger partial charge in [0.25, 0.3) is 0 Å². The molecule has 0 aliphatic heterocycles. The first kappa shape index (κ1) is 11.2. The zero-order valence-electron chi connectivity index (χ0n) is 9.13. The number of hydrogen-bond acceptors (Lipinski definition) is 5. The summed E-state index contributed by atoms with van der Waals surface area (Å²) in [5.74, 6) is 1.20. The number of nitrogens with two attached hydrogens (primary N) is 2. The number of ether oxygens (including phenoxy) is 1. The topological polar surface area (TPSA) is 94.4 Å². The van der Waals surface area contributed by atoms with Gasteiger partial charge in [-0.3, -0.25) is 0 Å². The lowest BCUT2D eigenvalue weighted by Crippen LogP contribution is -1.99. The lowest BCUT2D eigenvalue weighted by molar-refractivity contribution is 0.281. The summed E-state index contributed by atoms with van der Waals surface area (Å²) in [6, 6.07) is 10.4. The van der Waals surface area contributed by atoms with Crippen LogP contribution >= 0.6 is 0 Å². The molecule has 0 atom stereocenters. The molecule has 2 aromatic rings. The molecule has 0 aliphatic rings. The van der Waals surface area contributed by atoms with Gasteiger partial charge in [0.15, 0.2) is 5.82 Å². The van der Waals surface area contributed by atoms with Crippen molar-refractivity contribution in [2.45, 2.75) is 6.61 Å². The highest BCUT2D eigenvalue weighted by molar-refractivity contribution is 5.58. The average Bonchev–Trinajstić information content (AvgIpc) is 2.34. The van der Waals surface area contributed by atoms with Crippen LogP contribution in [0, 0.1) is 0 Å². The van der Waals surface area contributed by atoms with Crippen LogP contribution in [0.2, 0.25) is 0 Å². The second-order valence-corrected chi connectivity index (χ2v) is 3.53. The number of hydrogen-bond donors (Lipinski definition) is 3. The highest BCUT2D eigenvalue weighted by Gasteiger charge is 2.02. The number of aromatic nitrogens is 1. The van der Waals surface area contributed by atoms with Crippen LogP contribution in [0.1, 0.15) is 5.56 Å². The number of anilines is 2. The van der Waals surface area contributed by atoms with Crippen molar-refractivity contribution >= 4 is 11.5 Å². The third-order valence-electron chi connectivity index (χ3n) is 2.24. The van der Waals surface area contributed by atoms with E-state index in [1.54, 1.807) is 36.4 Å². The number of nitrogens with zero attached hydrogens (tertiary/aromatic N) is 1. The van der Waals surface area contributed by atoms with E-state index in [4.69, 9.17) is 21.3 Å². The van der Waals surface area contributed by atoms with E-state index in [0.29, 0.717) is 17.3 Å². The van der Waals surface area contributed by atoms with Gasteiger partial charge in [0.2, 0.25) is 5.88 Å². The second-order valence-electron chi connectivity index (χ2n) is 3.53. The predicted molar refractivity (Wildman–Crippen MR) is 65.5 cm³/mol. The summed E-state index contributed by atoms with van der Waals surface area (Å²) in [4.78, 5) is 3.99. The van der Waals surface area contributed by atoms with Crippen molar-refractivity contribution in [1.29, 1.82) is 0 Å². The molecule has 2 rings (SSSR count). The van der Waals surface area contributed by atoms with Crippen molar-refractivity contribution in [2.75, 3.05) is 11.5 Å². The Bertz CT molecular complexity index is 529. The molecule has 0 amide bonds. The van der Waals surface area contributed by atoms with E-state index in [9.17, 15) is 0 Å². The summed E-state index contributed by atoms with van der Waals surface area (Å²) in [6.45, 7) is -0.0332. The molecule has 0 aliphatic carbocycles. The van der Waals surface area contributed by atoms with Gasteiger partial charge in [0.1, 0.15) is 5.75 Å². The van der Waals surface area contributed by atoms with Crippen molar-refractivity contribution in [3.05, 3.63) is 42.0 Å². The molecule has 0 radical (unpaired) electrons. The molecule has 0 spiro atoms. The van der Waals surface area contributed by atoms with Crippen LogP contribution in [0.4, 0.5) is 11.5 Å². The maximum Gasteiger partial charge on any atom is 0.221 e. The second kappa shape index (κ2) is 4.71. The summed E-state index contributed by atoms with van der Waals surface area (Å²) >= 11 is 0. The Kier molecular flexibility index (Phi) is 3.11. The molecule has 0 bridgehead atoms. The molecule has 1 heterocycles. The molecule has 5 nitrogen and oxygen atoms in total. The maximum absolute atomic E-state index is 9.00. The van der Waals surface area contributed by atoms with E-state index >= 15 is 0 Å². The molecular weight excluding hydrogens is 218 g/mol. The number of nitrogen functional groups attached to an aromatic ring is 2. The molecule has 1 aromatic carbocycles. The number of aliphatic hydroxyl groups is 1. The fraction of sp³-hybridized carbons (Fsp3) is 0.0833. The minimum atomic E-state index is -0.0332. The van der Waals surface area contributed by atoms with Crippen LogP contribution in [0.25, 0.3) is 0 Å². The number of pyridine rings is 1. The van der Waals surface area contributed by atoms with Gasteiger partial charge in [-0.1, -0.05) is 12.1 Å². The van der Waals surface area contributed by atoms with Gasteiger partial charge in [-0.05, 0) is 23.8 Å². The Balaban J connectivity index is 2.22. The monoisotopic (exact) mass is 231 g/mol. The van der Waals surface area contributed by atoms with Gasteiger partial charge in [0.05, 0.1) is 12.3 Å². The van der Waals surface area contributed by atoms with Gasteiger partial charge < -0.3 is 21.3 Å². The lowest BCUT2D eigenvalue weighted by atomic mass is 10.2. The van der Waals surface area contributed by atoms with Crippen LogP contribution in [0.5, 0.6) is 11.6 Å². The highest BCUT2D eigenvalue weighted by Crippen LogP contribution is 2.23. The maximum atomic E-state index is 9.00. The standard InChI is InChI=1S/C12H13N3O2/c13-10-4-5-11(15-12(10)14)17-9-3-1-2-8(6-9)7-16/h1-6,16H,7,13H2,(H2,14,15). The van der Waals surface area contributed by atoms with Crippen LogP contribution in [-0.2, 0) is 6.61 Å². The van der Waals surface area contributed by atoms with Gasteiger partial charge in [0, 0.05) is 6.07 Å². The van der Waals surface area contributed by atoms with E-state index in [1.807, 2.05) is 0 Å². The summed E-state index contributed by atoms with van der Waals surface area (Å²) in [5.41, 5.74) is 12.3. The van der Waals surface area contributed by atoms with Crippen molar-refractivity contribution in [1.82, 2.24) is 4.98 Å². The van der Waals surface area contributed by atoms with E-state index in [0.717, 1.165) is 5.56 Å². The third-order valence-corrected chi connectivity index (χ3v) is 2.24. The van der Waals surface area contributed by atoms with E-state index in [-0.39, 0.29) is 12.4 Å². The fourth-order valence-corrected chi connectivity index (χ4v) is 1.35. The zero-order chi connectivity index (χ0) is 12.3. The van der Waals surface area contributed by atoms with E-state index in [1.165, 1.54) is 0 Å². The first-order valence-electron chi connectivity index (χ1n) is 5.08. The molecule has 88 valence electrons. The van der Waals surface area contributed by atoms with Crippen molar-refractivity contribution in [3.63, 3.8) is 0 Å². The normalized spacial score (nSPS) is 10.2. The third kappa shape index (κ3) is 2.64. The predicted octanol–water partition coefficient (Wildman–Crippen LogP) is 1.53. The Morgan fingerprint density at radius 3 is 2.71 bits per heavy atom. The van der Waals surface area contributed by atoms with Crippen LogP contribution in [0.15, 0.2) is 36.4 Å². The van der Waals surface area contributed by atoms with Crippen LogP contribution in [-0.4, -0.2) is 10.1 Å². The number of benzene rings is 1. The van der Waals surface area contributed by atoms with Gasteiger partial charge in [-0.15, -0.1) is 0 Å². The first-order chi connectivity index (χ1) is 8.19. The molecule has 5 N–H and O–H groups in total. The van der Waals surface area contributed by atoms with Crippen LogP contribution in [0.3, 0.4) is 0 Å². The summed E-state index contributed by atoms with van der Waals surface area (Å²) in [5, 5.41) is 9.00. The molecule has 0 saturated heterocycles. The number of aliphatic hydroxyl groups excluding tert-OH is 1. The molecular formula is C12H13N3O2. The Morgan fingerprint density at radius 1 is 1.18 bits per heavy atom. The van der Waals surface area contributed by atoms with Gasteiger partial charge in [-0.2, -0.15) is 4.98 Å².